The van der Waals surface area contributed by atoms with Crippen molar-refractivity contribution in [1.82, 2.24) is 5.32 Å². The maximum Gasteiger partial charge on any atom is 0.342 e. The Labute approximate surface area is 183 Å². The number of methoxy groups -OCH3 is 1. The van der Waals surface area contributed by atoms with Crippen LogP contribution in [0.2, 0.25) is 0 Å². The zero-order valence-electron chi connectivity index (χ0n) is 16.9. The van der Waals surface area contributed by atoms with Gasteiger partial charge in [-0.3, -0.25) is 9.52 Å². The fourth-order valence-corrected chi connectivity index (χ4v) is 3.66. The molecular weight excluding hydrogens is 440 g/mol. The molecule has 0 aliphatic rings. The van der Waals surface area contributed by atoms with Crippen LogP contribution in [-0.2, 0) is 26.1 Å². The Kier molecular flexibility index (Phi) is 7.00. The summed E-state index contributed by atoms with van der Waals surface area (Å²) in [4.78, 5) is 23.9. The fraction of sp³-hybridized carbons (Fsp3) is 0.143. The molecule has 168 valence electrons. The van der Waals surface area contributed by atoms with Crippen molar-refractivity contribution in [2.45, 2.75) is 11.4 Å². The van der Waals surface area contributed by atoms with Crippen LogP contribution in [0.5, 0.6) is 11.5 Å². The highest BCUT2D eigenvalue weighted by Gasteiger charge is 2.21. The summed E-state index contributed by atoms with van der Waals surface area (Å²) in [5.41, 5.74) is -0.127. The van der Waals surface area contributed by atoms with Crippen LogP contribution >= 0.6 is 0 Å². The van der Waals surface area contributed by atoms with Crippen LogP contribution in [0.3, 0.4) is 0 Å². The van der Waals surface area contributed by atoms with Crippen molar-refractivity contribution in [2.24, 2.45) is 0 Å². The van der Waals surface area contributed by atoms with Crippen LogP contribution in [0.15, 0.2) is 70.2 Å². The lowest BCUT2D eigenvalue weighted by Crippen LogP contribution is -2.28. The maximum atomic E-state index is 12.7. The van der Waals surface area contributed by atoms with Gasteiger partial charge in [-0.25, -0.2) is 13.2 Å². The first kappa shape index (κ1) is 22.7. The molecular formula is C21H20N2O8S. The second-order valence-corrected chi connectivity index (χ2v) is 8.13. The lowest BCUT2D eigenvalue weighted by atomic mass is 10.2. The molecule has 0 aliphatic carbocycles. The number of anilines is 1. The lowest BCUT2D eigenvalue weighted by molar-refractivity contribution is -0.124. The molecule has 3 rings (SSSR count). The quantitative estimate of drug-likeness (QED) is 0.413. The first-order valence-electron chi connectivity index (χ1n) is 9.24. The summed E-state index contributed by atoms with van der Waals surface area (Å²) in [5, 5.41) is 12.5. The molecule has 0 saturated heterocycles. The summed E-state index contributed by atoms with van der Waals surface area (Å²) in [6.45, 7) is -0.514. The topological polar surface area (TPSA) is 144 Å². The van der Waals surface area contributed by atoms with Gasteiger partial charge >= 0.3 is 5.97 Å². The van der Waals surface area contributed by atoms with Crippen molar-refractivity contribution >= 4 is 27.6 Å². The molecule has 0 fully saturated rings. The number of rotatable bonds is 9. The van der Waals surface area contributed by atoms with Gasteiger partial charge in [0.25, 0.3) is 15.9 Å². The van der Waals surface area contributed by atoms with Crippen LogP contribution in [0, 0.1) is 0 Å². The van der Waals surface area contributed by atoms with E-state index in [9.17, 15) is 23.1 Å². The van der Waals surface area contributed by atoms with E-state index in [1.165, 1.54) is 25.5 Å². The van der Waals surface area contributed by atoms with Crippen LogP contribution in [0.25, 0.3) is 0 Å². The fourth-order valence-electron chi connectivity index (χ4n) is 2.58. The molecule has 0 unspecified atom stereocenters. The Morgan fingerprint density at radius 3 is 2.50 bits per heavy atom. The van der Waals surface area contributed by atoms with Gasteiger partial charge in [0.15, 0.2) is 6.61 Å². The summed E-state index contributed by atoms with van der Waals surface area (Å²) in [6.07, 6.45) is 1.45. The molecule has 1 heterocycles. The van der Waals surface area contributed by atoms with E-state index in [0.29, 0.717) is 11.5 Å². The van der Waals surface area contributed by atoms with E-state index in [2.05, 4.69) is 10.0 Å². The molecule has 0 spiro atoms. The van der Waals surface area contributed by atoms with E-state index < -0.39 is 39.8 Å². The minimum Gasteiger partial charge on any atom is -0.507 e. The average Bonchev–Trinajstić information content (AvgIpc) is 3.30. The van der Waals surface area contributed by atoms with Gasteiger partial charge in [-0.1, -0.05) is 0 Å². The van der Waals surface area contributed by atoms with Gasteiger partial charge in [0.1, 0.15) is 22.8 Å². The summed E-state index contributed by atoms with van der Waals surface area (Å²) >= 11 is 0. The molecule has 11 heteroatoms. The molecule has 1 aromatic heterocycles. The SMILES string of the molecule is COc1ccc(NS(=O)(=O)c2ccc(O)c(C(=O)OCC(=O)NCc3ccco3)c2)cc1. The molecule has 0 bridgehead atoms. The third-order valence-electron chi connectivity index (χ3n) is 4.21. The number of benzene rings is 2. The molecule has 3 aromatic rings. The lowest BCUT2D eigenvalue weighted by Gasteiger charge is -2.11. The number of amides is 1. The summed E-state index contributed by atoms with van der Waals surface area (Å²) in [7, 11) is -2.59. The minimum absolute atomic E-state index is 0.111. The van der Waals surface area contributed by atoms with E-state index in [-0.39, 0.29) is 17.1 Å². The van der Waals surface area contributed by atoms with Gasteiger partial charge in [0, 0.05) is 5.69 Å². The summed E-state index contributed by atoms with van der Waals surface area (Å²) in [6, 6.07) is 12.6. The number of carbonyl (C=O) groups is 2. The molecule has 2 aromatic carbocycles. The van der Waals surface area contributed by atoms with Crippen molar-refractivity contribution in [3.05, 3.63) is 72.2 Å². The van der Waals surface area contributed by atoms with Gasteiger partial charge in [0.2, 0.25) is 0 Å². The van der Waals surface area contributed by atoms with Gasteiger partial charge in [-0.2, -0.15) is 0 Å². The predicted molar refractivity (Wildman–Crippen MR) is 113 cm³/mol. The molecule has 3 N–H and O–H groups in total. The van der Waals surface area contributed by atoms with Crippen molar-refractivity contribution < 1.29 is 37.0 Å². The Morgan fingerprint density at radius 2 is 1.84 bits per heavy atom. The van der Waals surface area contributed by atoms with Crippen LogP contribution in [-0.4, -0.2) is 39.1 Å². The Hall–Kier alpha value is -3.99. The second-order valence-electron chi connectivity index (χ2n) is 6.45. The molecule has 0 aliphatic heterocycles. The predicted octanol–water partition coefficient (Wildman–Crippen LogP) is 2.27. The number of phenols is 1. The smallest absolute Gasteiger partial charge is 0.342 e. The first-order valence-corrected chi connectivity index (χ1v) is 10.7. The standard InChI is InChI=1S/C21H20N2O8S/c1-29-15-6-4-14(5-7-15)23-32(27,28)17-8-9-19(24)18(11-17)21(26)31-13-20(25)22-12-16-3-2-10-30-16/h2-11,23-24H,12-13H2,1H3,(H,22,25). The number of nitrogens with one attached hydrogen (secondary N) is 2. The highest BCUT2D eigenvalue weighted by molar-refractivity contribution is 7.92. The largest absolute Gasteiger partial charge is 0.507 e. The van der Waals surface area contributed by atoms with E-state index >= 15 is 0 Å². The molecule has 32 heavy (non-hydrogen) atoms. The van der Waals surface area contributed by atoms with E-state index in [1.54, 1.807) is 24.3 Å². The van der Waals surface area contributed by atoms with Crippen molar-refractivity contribution in [3.63, 3.8) is 0 Å². The highest BCUT2D eigenvalue weighted by atomic mass is 32.2. The van der Waals surface area contributed by atoms with Crippen LogP contribution in [0.4, 0.5) is 5.69 Å². The normalized spacial score (nSPS) is 10.9. The van der Waals surface area contributed by atoms with Crippen LogP contribution in [0.1, 0.15) is 16.1 Å². The number of hydrogen-bond acceptors (Lipinski definition) is 8. The number of hydrogen-bond donors (Lipinski definition) is 3. The molecule has 10 nitrogen and oxygen atoms in total. The summed E-state index contributed by atoms with van der Waals surface area (Å²) < 4.78 is 42.6. The third-order valence-corrected chi connectivity index (χ3v) is 5.59. The Balaban J connectivity index is 1.65. The van der Waals surface area contributed by atoms with Crippen molar-refractivity contribution in [2.75, 3.05) is 18.4 Å². The first-order chi connectivity index (χ1) is 15.3. The number of furan rings is 1. The number of esters is 1. The van der Waals surface area contributed by atoms with E-state index in [0.717, 1.165) is 18.2 Å². The number of aromatic hydroxyl groups is 1. The number of sulfonamides is 1. The number of phenolic OH excluding ortho intramolecular Hbond substituents is 1. The second kappa shape index (κ2) is 9.88. The Bertz CT molecular complexity index is 1190. The van der Waals surface area contributed by atoms with Gasteiger partial charge in [-0.05, 0) is 54.6 Å². The van der Waals surface area contributed by atoms with E-state index in [1.807, 2.05) is 0 Å². The third kappa shape index (κ3) is 5.79. The highest BCUT2D eigenvalue weighted by Crippen LogP contribution is 2.24. The van der Waals surface area contributed by atoms with E-state index in [4.69, 9.17) is 13.9 Å². The molecule has 0 atom stereocenters. The van der Waals surface area contributed by atoms with Crippen LogP contribution < -0.4 is 14.8 Å². The Morgan fingerprint density at radius 1 is 1.09 bits per heavy atom. The van der Waals surface area contributed by atoms with Crippen molar-refractivity contribution in [3.8, 4) is 11.5 Å². The zero-order chi connectivity index (χ0) is 23.1. The minimum atomic E-state index is -4.07. The number of ether oxygens (including phenoxy) is 2. The number of carbonyl (C=O) groups excluding carboxylic acids is 2. The molecule has 0 radical (unpaired) electrons. The maximum absolute atomic E-state index is 12.7. The monoisotopic (exact) mass is 460 g/mol. The zero-order valence-corrected chi connectivity index (χ0v) is 17.7. The molecule has 0 saturated carbocycles. The average molecular weight is 460 g/mol. The molecule has 1 amide bonds. The summed E-state index contributed by atoms with van der Waals surface area (Å²) in [5.74, 6) is -1.08. The van der Waals surface area contributed by atoms with Gasteiger partial charge in [0.05, 0.1) is 24.8 Å². The van der Waals surface area contributed by atoms with Gasteiger partial charge in [-0.15, -0.1) is 0 Å². The van der Waals surface area contributed by atoms with Crippen molar-refractivity contribution in [1.29, 1.82) is 0 Å². The van der Waals surface area contributed by atoms with Gasteiger partial charge < -0.3 is 24.3 Å².